The smallest absolute Gasteiger partial charge is 0.307 e. The number of hydrogen-bond donors (Lipinski definition) is 1. The summed E-state index contributed by atoms with van der Waals surface area (Å²) in [6, 6.07) is 7.55. The maximum Gasteiger partial charge on any atom is 0.307 e. The Labute approximate surface area is 104 Å². The Hall–Kier alpha value is -0.870. The van der Waals surface area contributed by atoms with Crippen LogP contribution < -0.4 is 5.73 Å². The highest BCUT2D eigenvalue weighted by atomic mass is 79.9. The first-order chi connectivity index (χ1) is 7.63. The molecule has 2 N–H and O–H groups in total. The largest absolute Gasteiger partial charge is 0.461 e. The van der Waals surface area contributed by atoms with Gasteiger partial charge in [0.15, 0.2) is 0 Å². The van der Waals surface area contributed by atoms with Gasteiger partial charge in [-0.15, -0.1) is 0 Å². The van der Waals surface area contributed by atoms with Crippen LogP contribution >= 0.6 is 15.9 Å². The predicted molar refractivity (Wildman–Crippen MR) is 66.8 cm³/mol. The van der Waals surface area contributed by atoms with Crippen molar-refractivity contribution in [2.75, 3.05) is 0 Å². The fraction of sp³-hybridized carbons (Fsp3) is 0.417. The number of ether oxygens (including phenoxy) is 1. The van der Waals surface area contributed by atoms with Crippen molar-refractivity contribution in [1.82, 2.24) is 0 Å². The molecule has 0 bridgehead atoms. The third-order valence-electron chi connectivity index (χ3n) is 2.30. The predicted octanol–water partition coefficient (Wildman–Crippen LogP) is 2.62. The Morgan fingerprint density at radius 1 is 1.50 bits per heavy atom. The molecule has 0 aromatic heterocycles. The van der Waals surface area contributed by atoms with Crippen LogP contribution in [0.3, 0.4) is 0 Å². The van der Waals surface area contributed by atoms with Gasteiger partial charge in [0.1, 0.15) is 6.61 Å². The van der Waals surface area contributed by atoms with Gasteiger partial charge >= 0.3 is 5.97 Å². The van der Waals surface area contributed by atoms with E-state index in [0.717, 1.165) is 16.5 Å². The van der Waals surface area contributed by atoms with E-state index >= 15 is 0 Å². The summed E-state index contributed by atoms with van der Waals surface area (Å²) in [6.45, 7) is 2.24. The Balaban J connectivity index is 2.40. The van der Waals surface area contributed by atoms with Gasteiger partial charge in [0.2, 0.25) is 0 Å². The molecule has 0 saturated heterocycles. The fourth-order valence-electron chi connectivity index (χ4n) is 1.19. The molecule has 0 fully saturated rings. The Bertz CT molecular complexity index is 355. The fourth-order valence-corrected chi connectivity index (χ4v) is 1.59. The molecule has 1 unspecified atom stereocenters. The van der Waals surface area contributed by atoms with Gasteiger partial charge in [-0.05, 0) is 12.5 Å². The van der Waals surface area contributed by atoms with E-state index in [1.807, 2.05) is 31.2 Å². The summed E-state index contributed by atoms with van der Waals surface area (Å²) in [5.41, 5.74) is 6.62. The van der Waals surface area contributed by atoms with Crippen LogP contribution in [-0.4, -0.2) is 12.0 Å². The molecule has 0 amide bonds. The lowest BCUT2D eigenvalue weighted by atomic mass is 10.2. The molecular weight excluding hydrogens is 270 g/mol. The molecule has 0 radical (unpaired) electrons. The number of esters is 1. The van der Waals surface area contributed by atoms with Crippen molar-refractivity contribution in [1.29, 1.82) is 0 Å². The summed E-state index contributed by atoms with van der Waals surface area (Å²) >= 11 is 3.39. The van der Waals surface area contributed by atoms with Crippen molar-refractivity contribution in [3.63, 3.8) is 0 Å². The molecule has 4 heteroatoms. The monoisotopic (exact) mass is 285 g/mol. The van der Waals surface area contributed by atoms with Crippen LogP contribution in [0.1, 0.15) is 25.3 Å². The van der Waals surface area contributed by atoms with Crippen LogP contribution in [-0.2, 0) is 16.1 Å². The maximum absolute atomic E-state index is 11.4. The molecule has 0 saturated carbocycles. The van der Waals surface area contributed by atoms with Crippen molar-refractivity contribution in [2.24, 2.45) is 5.73 Å². The first-order valence-corrected chi connectivity index (χ1v) is 6.07. The molecule has 1 aromatic carbocycles. The summed E-state index contributed by atoms with van der Waals surface area (Å²) in [7, 11) is 0. The lowest BCUT2D eigenvalue weighted by Gasteiger charge is -2.09. The zero-order chi connectivity index (χ0) is 12.0. The second-order valence-electron chi connectivity index (χ2n) is 3.62. The third kappa shape index (κ3) is 4.33. The lowest BCUT2D eigenvalue weighted by Crippen LogP contribution is -2.23. The quantitative estimate of drug-likeness (QED) is 0.846. The number of nitrogens with two attached hydrogens (primary N) is 1. The molecule has 1 rings (SSSR count). The van der Waals surface area contributed by atoms with E-state index in [4.69, 9.17) is 10.5 Å². The van der Waals surface area contributed by atoms with E-state index in [9.17, 15) is 4.79 Å². The summed E-state index contributed by atoms with van der Waals surface area (Å²) in [6.07, 6.45) is 1.06. The minimum absolute atomic E-state index is 0.105. The molecule has 1 aromatic rings. The number of benzene rings is 1. The molecular formula is C12H16BrNO2. The Morgan fingerprint density at radius 2 is 2.19 bits per heavy atom. The molecule has 0 aliphatic heterocycles. The molecule has 0 heterocycles. The van der Waals surface area contributed by atoms with Gasteiger partial charge in [0.05, 0.1) is 6.42 Å². The van der Waals surface area contributed by atoms with Crippen LogP contribution in [0.2, 0.25) is 0 Å². The Kier molecular flexibility index (Phi) is 5.49. The number of halogens is 1. The molecule has 0 aliphatic rings. The molecule has 3 nitrogen and oxygen atoms in total. The van der Waals surface area contributed by atoms with Gasteiger partial charge in [-0.1, -0.05) is 41.1 Å². The van der Waals surface area contributed by atoms with E-state index in [0.29, 0.717) is 0 Å². The molecule has 0 aliphatic carbocycles. The zero-order valence-electron chi connectivity index (χ0n) is 9.28. The van der Waals surface area contributed by atoms with E-state index in [1.165, 1.54) is 0 Å². The van der Waals surface area contributed by atoms with Gasteiger partial charge in [-0.25, -0.2) is 0 Å². The van der Waals surface area contributed by atoms with Crippen LogP contribution in [0.5, 0.6) is 0 Å². The van der Waals surface area contributed by atoms with Crippen LogP contribution in [0, 0.1) is 0 Å². The van der Waals surface area contributed by atoms with E-state index in [2.05, 4.69) is 15.9 Å². The average Bonchev–Trinajstić information content (AvgIpc) is 2.28. The van der Waals surface area contributed by atoms with Gasteiger partial charge in [-0.2, -0.15) is 0 Å². The second kappa shape index (κ2) is 6.66. The van der Waals surface area contributed by atoms with Gasteiger partial charge in [0, 0.05) is 16.1 Å². The van der Waals surface area contributed by atoms with Gasteiger partial charge in [0.25, 0.3) is 0 Å². The summed E-state index contributed by atoms with van der Waals surface area (Å²) in [5, 5.41) is 0. The standard InChI is InChI=1S/C12H16BrNO2/c1-2-10(14)7-12(15)16-8-9-5-3-4-6-11(9)13/h3-6,10H,2,7-8,14H2,1H3. The first kappa shape index (κ1) is 13.2. The zero-order valence-corrected chi connectivity index (χ0v) is 10.9. The minimum atomic E-state index is -0.245. The average molecular weight is 286 g/mol. The minimum Gasteiger partial charge on any atom is -0.461 e. The highest BCUT2D eigenvalue weighted by Gasteiger charge is 2.09. The van der Waals surface area contributed by atoms with Crippen molar-refractivity contribution in [3.05, 3.63) is 34.3 Å². The second-order valence-corrected chi connectivity index (χ2v) is 4.48. The lowest BCUT2D eigenvalue weighted by molar-refractivity contribution is -0.145. The number of carbonyl (C=O) groups excluding carboxylic acids is 1. The SMILES string of the molecule is CCC(N)CC(=O)OCc1ccccc1Br. The van der Waals surface area contributed by atoms with E-state index in [-0.39, 0.29) is 25.0 Å². The number of rotatable bonds is 5. The van der Waals surface area contributed by atoms with Crippen LogP contribution in [0.15, 0.2) is 28.7 Å². The van der Waals surface area contributed by atoms with Crippen molar-refractivity contribution >= 4 is 21.9 Å². The van der Waals surface area contributed by atoms with Crippen molar-refractivity contribution in [2.45, 2.75) is 32.4 Å². The highest BCUT2D eigenvalue weighted by Crippen LogP contribution is 2.16. The van der Waals surface area contributed by atoms with Crippen LogP contribution in [0.25, 0.3) is 0 Å². The summed E-state index contributed by atoms with van der Waals surface area (Å²) in [4.78, 5) is 11.4. The Morgan fingerprint density at radius 3 is 2.81 bits per heavy atom. The molecule has 1 atom stereocenters. The molecule has 0 spiro atoms. The van der Waals surface area contributed by atoms with Gasteiger partial charge in [-0.3, -0.25) is 4.79 Å². The topological polar surface area (TPSA) is 52.3 Å². The van der Waals surface area contributed by atoms with E-state index < -0.39 is 0 Å². The summed E-state index contributed by atoms with van der Waals surface area (Å²) < 4.78 is 6.08. The van der Waals surface area contributed by atoms with E-state index in [1.54, 1.807) is 0 Å². The van der Waals surface area contributed by atoms with Gasteiger partial charge < -0.3 is 10.5 Å². The highest BCUT2D eigenvalue weighted by molar-refractivity contribution is 9.10. The molecule has 16 heavy (non-hydrogen) atoms. The van der Waals surface area contributed by atoms with Crippen molar-refractivity contribution in [3.8, 4) is 0 Å². The normalized spacial score (nSPS) is 12.2. The maximum atomic E-state index is 11.4. The van der Waals surface area contributed by atoms with Crippen LogP contribution in [0.4, 0.5) is 0 Å². The number of carbonyl (C=O) groups is 1. The summed E-state index contributed by atoms with van der Waals surface area (Å²) in [5.74, 6) is -0.245. The molecule has 88 valence electrons. The number of hydrogen-bond acceptors (Lipinski definition) is 3. The first-order valence-electron chi connectivity index (χ1n) is 5.28. The van der Waals surface area contributed by atoms with Crippen molar-refractivity contribution < 1.29 is 9.53 Å². The third-order valence-corrected chi connectivity index (χ3v) is 3.07.